The molecule has 0 aliphatic heterocycles. The highest BCUT2D eigenvalue weighted by Gasteiger charge is 2.36. The zero-order valence-electron chi connectivity index (χ0n) is 10.4. The molecule has 1 aliphatic rings. The molecule has 0 bridgehead atoms. The molecule has 0 aromatic heterocycles. The van der Waals surface area contributed by atoms with Gasteiger partial charge in [0.1, 0.15) is 5.54 Å². The minimum absolute atomic E-state index is 0.111. The predicted octanol–water partition coefficient (Wildman–Crippen LogP) is 1.14. The van der Waals surface area contributed by atoms with Crippen molar-refractivity contribution in [3.05, 3.63) is 0 Å². The van der Waals surface area contributed by atoms with Gasteiger partial charge in [0.15, 0.2) is 0 Å². The van der Waals surface area contributed by atoms with Crippen molar-refractivity contribution in [1.82, 2.24) is 10.2 Å². The van der Waals surface area contributed by atoms with E-state index in [1.54, 1.807) is 4.90 Å². The zero-order valence-corrected chi connectivity index (χ0v) is 10.4. The quantitative estimate of drug-likeness (QED) is 0.780. The summed E-state index contributed by atoms with van der Waals surface area (Å²) in [6.45, 7) is 2.73. The predicted molar refractivity (Wildman–Crippen MR) is 62.7 cm³/mol. The van der Waals surface area contributed by atoms with Crippen LogP contribution in [0.2, 0.25) is 0 Å². The summed E-state index contributed by atoms with van der Waals surface area (Å²) in [6, 6.07) is 2.33. The average molecular weight is 223 g/mol. The number of hydrogen-bond donors (Lipinski definition) is 1. The SMILES string of the molecule is CCN(C)C(=O)C1CCC(C#N)(NC)CC1. The van der Waals surface area contributed by atoms with Gasteiger partial charge in [0.25, 0.3) is 0 Å². The molecule has 1 aliphatic carbocycles. The van der Waals surface area contributed by atoms with E-state index in [4.69, 9.17) is 5.26 Å². The van der Waals surface area contributed by atoms with E-state index in [9.17, 15) is 4.79 Å². The first-order valence-corrected chi connectivity index (χ1v) is 5.93. The van der Waals surface area contributed by atoms with Crippen molar-refractivity contribution in [1.29, 1.82) is 5.26 Å². The molecule has 1 rings (SSSR count). The van der Waals surface area contributed by atoms with Crippen molar-refractivity contribution in [3.8, 4) is 6.07 Å². The molecular formula is C12H21N3O. The summed E-state index contributed by atoms with van der Waals surface area (Å²) >= 11 is 0. The molecule has 90 valence electrons. The Morgan fingerprint density at radius 1 is 1.56 bits per heavy atom. The Kier molecular flexibility index (Phi) is 4.31. The number of nitriles is 1. The van der Waals surface area contributed by atoms with Gasteiger partial charge in [-0.15, -0.1) is 0 Å². The maximum Gasteiger partial charge on any atom is 0.225 e. The Bertz CT molecular complexity index is 287. The number of rotatable bonds is 3. The van der Waals surface area contributed by atoms with Gasteiger partial charge < -0.3 is 10.2 Å². The summed E-state index contributed by atoms with van der Waals surface area (Å²) < 4.78 is 0. The van der Waals surface area contributed by atoms with E-state index in [1.807, 2.05) is 21.0 Å². The van der Waals surface area contributed by atoms with Crippen LogP contribution in [-0.4, -0.2) is 37.0 Å². The first kappa shape index (κ1) is 13.0. The number of nitrogens with zero attached hydrogens (tertiary/aromatic N) is 2. The summed E-state index contributed by atoms with van der Waals surface area (Å²) in [5.74, 6) is 0.338. The van der Waals surface area contributed by atoms with E-state index in [2.05, 4.69) is 11.4 Å². The fourth-order valence-electron chi connectivity index (χ4n) is 2.24. The van der Waals surface area contributed by atoms with Gasteiger partial charge in [0, 0.05) is 19.5 Å². The maximum atomic E-state index is 11.9. The second-order valence-electron chi connectivity index (χ2n) is 4.57. The third kappa shape index (κ3) is 2.53. The number of carbonyl (C=O) groups excluding carboxylic acids is 1. The Labute approximate surface area is 97.6 Å². The molecule has 1 saturated carbocycles. The van der Waals surface area contributed by atoms with Crippen LogP contribution in [0.3, 0.4) is 0 Å². The van der Waals surface area contributed by atoms with Gasteiger partial charge in [0.05, 0.1) is 6.07 Å². The van der Waals surface area contributed by atoms with Gasteiger partial charge in [-0.3, -0.25) is 4.79 Å². The third-order valence-corrected chi connectivity index (χ3v) is 3.73. The van der Waals surface area contributed by atoms with Crippen molar-refractivity contribution in [2.45, 2.75) is 38.1 Å². The van der Waals surface area contributed by atoms with Crippen LogP contribution in [0.25, 0.3) is 0 Å². The molecule has 0 aromatic carbocycles. The van der Waals surface area contributed by atoms with E-state index in [0.717, 1.165) is 32.2 Å². The molecule has 0 atom stereocenters. The lowest BCUT2D eigenvalue weighted by Gasteiger charge is -2.35. The highest BCUT2D eigenvalue weighted by Crippen LogP contribution is 2.32. The van der Waals surface area contributed by atoms with Gasteiger partial charge >= 0.3 is 0 Å². The van der Waals surface area contributed by atoms with E-state index in [-0.39, 0.29) is 11.8 Å². The summed E-state index contributed by atoms with van der Waals surface area (Å²) in [7, 11) is 3.66. The highest BCUT2D eigenvalue weighted by molar-refractivity contribution is 5.78. The van der Waals surface area contributed by atoms with Gasteiger partial charge in [-0.1, -0.05) is 0 Å². The summed E-state index contributed by atoms with van der Waals surface area (Å²) in [6.07, 6.45) is 3.18. The topological polar surface area (TPSA) is 56.1 Å². The van der Waals surface area contributed by atoms with Gasteiger partial charge in [-0.05, 0) is 39.7 Å². The minimum Gasteiger partial charge on any atom is -0.346 e. The fraction of sp³-hybridized carbons (Fsp3) is 0.833. The smallest absolute Gasteiger partial charge is 0.225 e. The molecule has 0 radical (unpaired) electrons. The van der Waals surface area contributed by atoms with Gasteiger partial charge in [-0.25, -0.2) is 0 Å². The van der Waals surface area contributed by atoms with Crippen LogP contribution >= 0.6 is 0 Å². The van der Waals surface area contributed by atoms with Crippen molar-refractivity contribution >= 4 is 5.91 Å². The molecular weight excluding hydrogens is 202 g/mol. The molecule has 1 N–H and O–H groups in total. The molecule has 0 saturated heterocycles. The molecule has 0 aromatic rings. The molecule has 16 heavy (non-hydrogen) atoms. The van der Waals surface area contributed by atoms with E-state index in [0.29, 0.717) is 0 Å². The van der Waals surface area contributed by atoms with Crippen LogP contribution in [0.5, 0.6) is 0 Å². The van der Waals surface area contributed by atoms with Crippen molar-refractivity contribution in [3.63, 3.8) is 0 Å². The number of carbonyl (C=O) groups is 1. The Morgan fingerprint density at radius 3 is 2.50 bits per heavy atom. The largest absolute Gasteiger partial charge is 0.346 e. The third-order valence-electron chi connectivity index (χ3n) is 3.73. The van der Waals surface area contributed by atoms with Gasteiger partial charge in [0.2, 0.25) is 5.91 Å². The molecule has 1 amide bonds. The van der Waals surface area contributed by atoms with Crippen LogP contribution < -0.4 is 5.32 Å². The highest BCUT2D eigenvalue weighted by atomic mass is 16.2. The first-order chi connectivity index (χ1) is 7.58. The van der Waals surface area contributed by atoms with Crippen LogP contribution in [0, 0.1) is 17.2 Å². The Hall–Kier alpha value is -1.08. The fourth-order valence-corrected chi connectivity index (χ4v) is 2.24. The lowest BCUT2D eigenvalue weighted by Crippen LogP contribution is -2.47. The molecule has 0 heterocycles. The number of amides is 1. The van der Waals surface area contributed by atoms with Crippen LogP contribution in [0.1, 0.15) is 32.6 Å². The zero-order chi connectivity index (χ0) is 12.2. The van der Waals surface area contributed by atoms with Crippen molar-refractivity contribution in [2.75, 3.05) is 20.6 Å². The normalized spacial score (nSPS) is 29.5. The van der Waals surface area contributed by atoms with Crippen LogP contribution in [-0.2, 0) is 4.79 Å². The van der Waals surface area contributed by atoms with Crippen molar-refractivity contribution < 1.29 is 4.79 Å². The lowest BCUT2D eigenvalue weighted by atomic mass is 9.77. The first-order valence-electron chi connectivity index (χ1n) is 5.93. The van der Waals surface area contributed by atoms with Crippen molar-refractivity contribution in [2.24, 2.45) is 5.92 Å². The molecule has 0 spiro atoms. The Balaban J connectivity index is 2.56. The van der Waals surface area contributed by atoms with E-state index in [1.165, 1.54) is 0 Å². The number of nitrogens with one attached hydrogen (secondary N) is 1. The molecule has 4 heteroatoms. The molecule has 4 nitrogen and oxygen atoms in total. The summed E-state index contributed by atoms with van der Waals surface area (Å²) in [5, 5.41) is 12.2. The lowest BCUT2D eigenvalue weighted by molar-refractivity contribution is -0.135. The van der Waals surface area contributed by atoms with Crippen LogP contribution in [0.15, 0.2) is 0 Å². The van der Waals surface area contributed by atoms with Gasteiger partial charge in [-0.2, -0.15) is 5.26 Å². The molecule has 0 unspecified atom stereocenters. The summed E-state index contributed by atoms with van der Waals surface area (Å²) in [4.78, 5) is 13.7. The van der Waals surface area contributed by atoms with E-state index >= 15 is 0 Å². The van der Waals surface area contributed by atoms with Crippen LogP contribution in [0.4, 0.5) is 0 Å². The number of hydrogen-bond acceptors (Lipinski definition) is 3. The average Bonchev–Trinajstić information content (AvgIpc) is 2.37. The minimum atomic E-state index is -0.401. The maximum absolute atomic E-state index is 11.9. The Morgan fingerprint density at radius 2 is 2.12 bits per heavy atom. The second-order valence-corrected chi connectivity index (χ2v) is 4.57. The standard InChI is InChI=1S/C12H21N3O/c1-4-15(3)11(16)10-5-7-12(9-13,14-2)8-6-10/h10,14H,4-8H2,1-3H3. The monoisotopic (exact) mass is 223 g/mol. The second kappa shape index (κ2) is 5.31. The summed E-state index contributed by atoms with van der Waals surface area (Å²) in [5.41, 5.74) is -0.401. The van der Waals surface area contributed by atoms with E-state index < -0.39 is 5.54 Å². The molecule has 1 fully saturated rings.